The van der Waals surface area contributed by atoms with Gasteiger partial charge in [-0.1, -0.05) is 0 Å². The summed E-state index contributed by atoms with van der Waals surface area (Å²) in [6.07, 6.45) is 3.79. The standard InChI is InChI=1S/C16H18BrF2N3OS/c1-16(2,24(20)23)7-11(15-14(17)8-21-9-22-15)3-10-4-12(18)6-13(19)5-10/h4-6,8-9,11H,3,7,20H2,1-2H3/t11-,24?/m1/s1. The zero-order chi connectivity index (χ0) is 17.9. The van der Waals surface area contributed by atoms with Gasteiger partial charge in [-0.15, -0.1) is 0 Å². The second kappa shape index (κ2) is 7.76. The summed E-state index contributed by atoms with van der Waals surface area (Å²) in [4.78, 5) is 8.21. The zero-order valence-electron chi connectivity index (χ0n) is 13.3. The highest BCUT2D eigenvalue weighted by atomic mass is 79.9. The van der Waals surface area contributed by atoms with Crippen LogP contribution in [0.1, 0.15) is 37.4 Å². The van der Waals surface area contributed by atoms with Gasteiger partial charge in [0.05, 0.1) is 25.9 Å². The Hall–Kier alpha value is -1.25. The quantitative estimate of drug-likeness (QED) is 0.779. The predicted molar refractivity (Wildman–Crippen MR) is 93.6 cm³/mol. The first-order valence-electron chi connectivity index (χ1n) is 7.25. The SMILES string of the molecule is CC(C)(C[C@@H](Cc1cc(F)cc(F)c1)c1ncncc1Br)S(N)=O. The second-order valence-electron chi connectivity index (χ2n) is 6.20. The predicted octanol–water partition coefficient (Wildman–Crippen LogP) is 3.63. The van der Waals surface area contributed by atoms with Crippen LogP contribution < -0.4 is 5.14 Å². The molecule has 2 N–H and O–H groups in total. The molecule has 1 heterocycles. The molecule has 4 nitrogen and oxygen atoms in total. The number of nitrogens with zero attached hydrogens (tertiary/aromatic N) is 2. The molecule has 0 saturated heterocycles. The van der Waals surface area contributed by atoms with Crippen LogP contribution in [0.5, 0.6) is 0 Å². The molecule has 0 radical (unpaired) electrons. The average Bonchev–Trinajstić information content (AvgIpc) is 2.45. The van der Waals surface area contributed by atoms with Crippen LogP contribution in [0.2, 0.25) is 0 Å². The van der Waals surface area contributed by atoms with Gasteiger partial charge >= 0.3 is 0 Å². The van der Waals surface area contributed by atoms with Crippen LogP contribution in [-0.2, 0) is 17.4 Å². The first-order chi connectivity index (χ1) is 11.2. The van der Waals surface area contributed by atoms with Crippen molar-refractivity contribution in [3.63, 3.8) is 0 Å². The van der Waals surface area contributed by atoms with Gasteiger partial charge < -0.3 is 0 Å². The highest BCUT2D eigenvalue weighted by Gasteiger charge is 2.30. The number of aromatic nitrogens is 2. The Morgan fingerprint density at radius 2 is 1.92 bits per heavy atom. The van der Waals surface area contributed by atoms with Crippen LogP contribution in [-0.4, -0.2) is 18.9 Å². The Morgan fingerprint density at radius 3 is 2.46 bits per heavy atom. The van der Waals surface area contributed by atoms with Crippen molar-refractivity contribution in [2.45, 2.75) is 37.4 Å². The fraction of sp³-hybridized carbons (Fsp3) is 0.375. The molecule has 0 aliphatic heterocycles. The molecule has 130 valence electrons. The van der Waals surface area contributed by atoms with Crippen LogP contribution >= 0.6 is 15.9 Å². The smallest absolute Gasteiger partial charge is 0.126 e. The van der Waals surface area contributed by atoms with Gasteiger partial charge in [-0.05, 0) is 60.3 Å². The van der Waals surface area contributed by atoms with Crippen molar-refractivity contribution >= 4 is 26.9 Å². The Bertz CT molecular complexity index is 738. The van der Waals surface area contributed by atoms with E-state index in [9.17, 15) is 13.0 Å². The largest absolute Gasteiger partial charge is 0.251 e. The summed E-state index contributed by atoms with van der Waals surface area (Å²) in [6, 6.07) is 3.41. The van der Waals surface area contributed by atoms with Gasteiger partial charge in [-0.3, -0.25) is 5.14 Å². The minimum Gasteiger partial charge on any atom is -0.251 e. The molecule has 2 aromatic rings. The van der Waals surface area contributed by atoms with E-state index in [1.807, 2.05) is 0 Å². The molecule has 0 saturated carbocycles. The van der Waals surface area contributed by atoms with Crippen LogP contribution in [0, 0.1) is 11.6 Å². The Kier molecular flexibility index (Phi) is 6.17. The van der Waals surface area contributed by atoms with E-state index in [2.05, 4.69) is 25.9 Å². The third-order valence-corrected chi connectivity index (χ3v) is 5.64. The minimum absolute atomic E-state index is 0.230. The maximum absolute atomic E-state index is 13.5. The summed E-state index contributed by atoms with van der Waals surface area (Å²) < 4.78 is 38.8. The van der Waals surface area contributed by atoms with Crippen LogP contribution in [0.3, 0.4) is 0 Å². The van der Waals surface area contributed by atoms with E-state index in [1.165, 1.54) is 18.5 Å². The van der Waals surface area contributed by atoms with Gasteiger partial charge in [0.2, 0.25) is 0 Å². The van der Waals surface area contributed by atoms with Crippen molar-refractivity contribution < 1.29 is 13.0 Å². The molecule has 1 aromatic carbocycles. The molecular weight excluding hydrogens is 400 g/mol. The molecule has 24 heavy (non-hydrogen) atoms. The fourth-order valence-corrected chi connectivity index (χ4v) is 3.49. The number of rotatable bonds is 6. The average molecular weight is 418 g/mol. The molecule has 0 fully saturated rings. The van der Waals surface area contributed by atoms with Crippen molar-refractivity contribution in [2.24, 2.45) is 5.14 Å². The van der Waals surface area contributed by atoms with Crippen molar-refractivity contribution in [1.82, 2.24) is 9.97 Å². The number of hydrogen-bond donors (Lipinski definition) is 1. The lowest BCUT2D eigenvalue weighted by Gasteiger charge is -2.27. The third-order valence-electron chi connectivity index (χ3n) is 3.77. The summed E-state index contributed by atoms with van der Waals surface area (Å²) in [5, 5.41) is 5.58. The van der Waals surface area contributed by atoms with E-state index in [1.54, 1.807) is 20.0 Å². The van der Waals surface area contributed by atoms with Crippen molar-refractivity contribution in [3.05, 3.63) is 58.1 Å². The summed E-state index contributed by atoms with van der Waals surface area (Å²) in [5.74, 6) is -1.49. The van der Waals surface area contributed by atoms with E-state index < -0.39 is 27.4 Å². The maximum Gasteiger partial charge on any atom is 0.126 e. The highest BCUT2D eigenvalue weighted by molar-refractivity contribution is 9.10. The molecule has 2 atom stereocenters. The van der Waals surface area contributed by atoms with Crippen molar-refractivity contribution in [1.29, 1.82) is 0 Å². The summed E-state index contributed by atoms with van der Waals surface area (Å²) in [6.45, 7) is 3.58. The van der Waals surface area contributed by atoms with E-state index in [-0.39, 0.29) is 5.92 Å². The van der Waals surface area contributed by atoms with Gasteiger partial charge in [0, 0.05) is 18.2 Å². The van der Waals surface area contributed by atoms with Crippen LogP contribution in [0.4, 0.5) is 8.78 Å². The molecule has 1 aromatic heterocycles. The van der Waals surface area contributed by atoms with E-state index in [0.717, 1.165) is 6.07 Å². The molecular formula is C16H18BrF2N3OS. The minimum atomic E-state index is -1.55. The van der Waals surface area contributed by atoms with Gasteiger partial charge in [-0.25, -0.2) is 23.0 Å². The van der Waals surface area contributed by atoms with E-state index >= 15 is 0 Å². The monoisotopic (exact) mass is 417 g/mol. The van der Waals surface area contributed by atoms with Crippen molar-refractivity contribution in [2.75, 3.05) is 0 Å². The Balaban J connectivity index is 2.39. The molecule has 8 heteroatoms. The molecule has 1 unspecified atom stereocenters. The Labute approximate surface area is 150 Å². The first-order valence-corrected chi connectivity index (χ1v) is 9.26. The Morgan fingerprint density at radius 1 is 1.29 bits per heavy atom. The summed E-state index contributed by atoms with van der Waals surface area (Å²) >= 11 is 3.40. The number of hydrogen-bond acceptors (Lipinski definition) is 3. The van der Waals surface area contributed by atoms with Gasteiger partial charge in [0.15, 0.2) is 0 Å². The van der Waals surface area contributed by atoms with Gasteiger partial charge in [-0.2, -0.15) is 0 Å². The number of halogens is 3. The number of benzene rings is 1. The highest BCUT2D eigenvalue weighted by Crippen LogP contribution is 2.34. The van der Waals surface area contributed by atoms with Gasteiger partial charge in [0.1, 0.15) is 18.0 Å². The van der Waals surface area contributed by atoms with E-state index in [4.69, 9.17) is 5.14 Å². The summed E-state index contributed by atoms with van der Waals surface area (Å²) in [5.41, 5.74) is 1.19. The van der Waals surface area contributed by atoms with Crippen molar-refractivity contribution in [3.8, 4) is 0 Å². The fourth-order valence-electron chi connectivity index (χ4n) is 2.58. The molecule has 0 aliphatic rings. The lowest BCUT2D eigenvalue weighted by molar-refractivity contribution is 0.501. The first kappa shape index (κ1) is 19.1. The molecule has 0 aliphatic carbocycles. The molecule has 0 amide bonds. The third kappa shape index (κ3) is 4.87. The maximum atomic E-state index is 13.5. The zero-order valence-corrected chi connectivity index (χ0v) is 15.7. The lowest BCUT2D eigenvalue weighted by atomic mass is 9.87. The molecule has 0 bridgehead atoms. The van der Waals surface area contributed by atoms with Crippen LogP contribution in [0.25, 0.3) is 0 Å². The topological polar surface area (TPSA) is 68.9 Å². The van der Waals surface area contributed by atoms with E-state index in [0.29, 0.717) is 28.6 Å². The number of nitrogens with two attached hydrogens (primary N) is 1. The normalized spacial score (nSPS) is 14.4. The summed E-state index contributed by atoms with van der Waals surface area (Å²) in [7, 11) is -1.55. The lowest BCUT2D eigenvalue weighted by Crippen LogP contribution is -2.34. The van der Waals surface area contributed by atoms with Gasteiger partial charge in [0.25, 0.3) is 0 Å². The molecule has 2 rings (SSSR count). The second-order valence-corrected chi connectivity index (χ2v) is 8.75. The molecule has 0 spiro atoms. The van der Waals surface area contributed by atoms with Crippen LogP contribution in [0.15, 0.2) is 35.2 Å².